The van der Waals surface area contributed by atoms with Crippen molar-refractivity contribution in [2.24, 2.45) is 7.05 Å². The zero-order valence-corrected chi connectivity index (χ0v) is 13.3. The first kappa shape index (κ1) is 16.2. The second-order valence-corrected chi connectivity index (χ2v) is 7.19. The number of hydrogen-bond donors (Lipinski definition) is 1. The van der Waals surface area contributed by atoms with E-state index in [-0.39, 0.29) is 0 Å². The Morgan fingerprint density at radius 3 is 2.58 bits per heavy atom. The first-order valence-electron chi connectivity index (χ1n) is 6.64. The molecule has 0 saturated heterocycles. The van der Waals surface area contributed by atoms with E-state index in [1.807, 2.05) is 18.5 Å². The summed E-state index contributed by atoms with van der Waals surface area (Å²) in [5.74, 6) is 0. The van der Waals surface area contributed by atoms with Gasteiger partial charge in [0.1, 0.15) is 4.90 Å². The Kier molecular flexibility index (Phi) is 5.58. The molecule has 0 fully saturated rings. The molecule has 1 aromatic heterocycles. The van der Waals surface area contributed by atoms with Crippen LogP contribution >= 0.6 is 0 Å². The number of nitrogens with zero attached hydrogens (tertiary/aromatic N) is 2. The summed E-state index contributed by atoms with van der Waals surface area (Å²) < 4.78 is 27.9. The predicted octanol–water partition coefficient (Wildman–Crippen LogP) is 1.55. The molecule has 1 aromatic rings. The number of aryl methyl sites for hydroxylation is 1. The van der Waals surface area contributed by atoms with E-state index in [4.69, 9.17) is 0 Å². The average molecular weight is 287 g/mol. The Morgan fingerprint density at radius 2 is 2.05 bits per heavy atom. The van der Waals surface area contributed by atoms with E-state index < -0.39 is 10.0 Å². The van der Waals surface area contributed by atoms with Crippen LogP contribution in [0.5, 0.6) is 0 Å². The fourth-order valence-electron chi connectivity index (χ4n) is 1.82. The van der Waals surface area contributed by atoms with Crippen molar-refractivity contribution in [3.8, 4) is 0 Å². The summed E-state index contributed by atoms with van der Waals surface area (Å²) in [5.41, 5.74) is 0.970. The Balaban J connectivity index is 2.94. The highest BCUT2D eigenvalue weighted by atomic mass is 32.2. The summed E-state index contributed by atoms with van der Waals surface area (Å²) in [7, 11) is 0.137. The second kappa shape index (κ2) is 6.54. The van der Waals surface area contributed by atoms with Crippen molar-refractivity contribution in [1.29, 1.82) is 0 Å². The van der Waals surface area contributed by atoms with Crippen molar-refractivity contribution in [2.45, 2.75) is 44.7 Å². The molecule has 1 rings (SSSR count). The van der Waals surface area contributed by atoms with Gasteiger partial charge in [0.05, 0.1) is 0 Å². The van der Waals surface area contributed by atoms with Crippen LogP contribution in [-0.4, -0.2) is 36.9 Å². The molecular weight excluding hydrogens is 262 g/mol. The summed E-state index contributed by atoms with van der Waals surface area (Å²) in [6, 6.07) is 2.12. The lowest BCUT2D eigenvalue weighted by atomic mass is 10.3. The van der Waals surface area contributed by atoms with Crippen LogP contribution in [0.15, 0.2) is 17.2 Å². The number of sulfonamides is 1. The Morgan fingerprint density at radius 1 is 1.42 bits per heavy atom. The van der Waals surface area contributed by atoms with Crippen LogP contribution in [0.25, 0.3) is 0 Å². The van der Waals surface area contributed by atoms with Crippen LogP contribution in [0, 0.1) is 0 Å². The Labute approximate surface area is 116 Å². The number of aromatic nitrogens is 1. The van der Waals surface area contributed by atoms with E-state index in [2.05, 4.69) is 19.2 Å². The van der Waals surface area contributed by atoms with E-state index in [1.165, 1.54) is 4.31 Å². The zero-order chi connectivity index (χ0) is 14.6. The van der Waals surface area contributed by atoms with Gasteiger partial charge in [0.2, 0.25) is 10.0 Å². The molecule has 5 nitrogen and oxygen atoms in total. The van der Waals surface area contributed by atoms with Gasteiger partial charge < -0.3 is 9.88 Å². The normalized spacial score (nSPS) is 12.6. The fraction of sp³-hybridized carbons (Fsp3) is 0.692. The first-order chi connectivity index (χ1) is 8.78. The SMILES string of the molecule is CCCN(C)S(=O)(=O)c1cc(CNC(C)C)n(C)c1. The van der Waals surface area contributed by atoms with Gasteiger partial charge >= 0.3 is 0 Å². The summed E-state index contributed by atoms with van der Waals surface area (Å²) >= 11 is 0. The third-order valence-electron chi connectivity index (χ3n) is 3.02. The molecule has 1 heterocycles. The van der Waals surface area contributed by atoms with E-state index in [0.29, 0.717) is 24.0 Å². The van der Waals surface area contributed by atoms with Crippen molar-refractivity contribution >= 4 is 10.0 Å². The summed E-state index contributed by atoms with van der Waals surface area (Å²) in [5, 5.41) is 3.29. The monoisotopic (exact) mass is 287 g/mol. The highest BCUT2D eigenvalue weighted by Gasteiger charge is 2.22. The molecular formula is C13H25N3O2S. The standard InChI is InChI=1S/C13H25N3O2S/c1-6-7-16(5)19(17,18)13-8-12(15(4)10-13)9-14-11(2)3/h8,10-11,14H,6-7,9H2,1-5H3. The number of hydrogen-bond acceptors (Lipinski definition) is 3. The zero-order valence-electron chi connectivity index (χ0n) is 12.5. The topological polar surface area (TPSA) is 54.3 Å². The van der Waals surface area contributed by atoms with Crippen LogP contribution in [0.3, 0.4) is 0 Å². The fourth-order valence-corrected chi connectivity index (χ4v) is 3.18. The summed E-state index contributed by atoms with van der Waals surface area (Å²) in [4.78, 5) is 0.367. The van der Waals surface area contributed by atoms with Crippen LogP contribution < -0.4 is 5.32 Å². The van der Waals surface area contributed by atoms with Gasteiger partial charge in [-0.15, -0.1) is 0 Å². The van der Waals surface area contributed by atoms with Gasteiger partial charge in [-0.3, -0.25) is 0 Å². The van der Waals surface area contributed by atoms with Gasteiger partial charge in [0, 0.05) is 45.1 Å². The smallest absolute Gasteiger partial charge is 0.244 e. The van der Waals surface area contributed by atoms with Crippen LogP contribution in [-0.2, 0) is 23.6 Å². The molecule has 0 aliphatic rings. The first-order valence-corrected chi connectivity index (χ1v) is 8.08. The second-order valence-electron chi connectivity index (χ2n) is 5.14. The minimum atomic E-state index is -3.36. The molecule has 0 saturated carbocycles. The molecule has 19 heavy (non-hydrogen) atoms. The lowest BCUT2D eigenvalue weighted by Crippen LogP contribution is -2.27. The Bertz CT molecular complexity index is 506. The van der Waals surface area contributed by atoms with Gasteiger partial charge in [-0.1, -0.05) is 20.8 Å². The highest BCUT2D eigenvalue weighted by molar-refractivity contribution is 7.89. The third-order valence-corrected chi connectivity index (χ3v) is 4.84. The lowest BCUT2D eigenvalue weighted by Gasteiger charge is -2.14. The van der Waals surface area contributed by atoms with Gasteiger partial charge in [-0.2, -0.15) is 0 Å². The maximum absolute atomic E-state index is 12.3. The molecule has 1 N–H and O–H groups in total. The highest BCUT2D eigenvalue weighted by Crippen LogP contribution is 2.17. The minimum Gasteiger partial charge on any atom is -0.352 e. The summed E-state index contributed by atoms with van der Waals surface area (Å²) in [6.07, 6.45) is 2.49. The van der Waals surface area contributed by atoms with Crippen molar-refractivity contribution in [3.63, 3.8) is 0 Å². The van der Waals surface area contributed by atoms with Crippen molar-refractivity contribution in [1.82, 2.24) is 14.2 Å². The molecule has 0 unspecified atom stereocenters. The van der Waals surface area contributed by atoms with Crippen LogP contribution in [0.1, 0.15) is 32.9 Å². The number of rotatable bonds is 7. The van der Waals surface area contributed by atoms with Crippen LogP contribution in [0.2, 0.25) is 0 Å². The predicted molar refractivity (Wildman–Crippen MR) is 77.5 cm³/mol. The molecule has 6 heteroatoms. The molecule has 0 bridgehead atoms. The minimum absolute atomic E-state index is 0.367. The molecule has 0 atom stereocenters. The van der Waals surface area contributed by atoms with Gasteiger partial charge in [0.15, 0.2) is 0 Å². The van der Waals surface area contributed by atoms with E-state index in [9.17, 15) is 8.42 Å². The third kappa shape index (κ3) is 4.06. The lowest BCUT2D eigenvalue weighted by molar-refractivity contribution is 0.468. The van der Waals surface area contributed by atoms with Crippen molar-refractivity contribution < 1.29 is 8.42 Å². The van der Waals surface area contributed by atoms with Crippen molar-refractivity contribution in [2.75, 3.05) is 13.6 Å². The summed E-state index contributed by atoms with van der Waals surface area (Å²) in [6.45, 7) is 7.30. The molecule has 0 spiro atoms. The molecule has 110 valence electrons. The molecule has 0 aromatic carbocycles. The maximum Gasteiger partial charge on any atom is 0.244 e. The molecule has 0 aliphatic heterocycles. The van der Waals surface area contributed by atoms with E-state index in [0.717, 1.165) is 12.1 Å². The molecule has 0 amide bonds. The van der Waals surface area contributed by atoms with Crippen LogP contribution in [0.4, 0.5) is 0 Å². The van der Waals surface area contributed by atoms with E-state index in [1.54, 1.807) is 19.3 Å². The molecule has 0 aliphatic carbocycles. The largest absolute Gasteiger partial charge is 0.352 e. The van der Waals surface area contributed by atoms with Gasteiger partial charge in [0.25, 0.3) is 0 Å². The maximum atomic E-state index is 12.3. The number of nitrogens with one attached hydrogen (secondary N) is 1. The van der Waals surface area contributed by atoms with E-state index >= 15 is 0 Å². The quantitative estimate of drug-likeness (QED) is 0.828. The van der Waals surface area contributed by atoms with Crippen molar-refractivity contribution in [3.05, 3.63) is 18.0 Å². The van der Waals surface area contributed by atoms with Gasteiger partial charge in [-0.25, -0.2) is 12.7 Å². The molecule has 0 radical (unpaired) electrons. The Hall–Kier alpha value is -0.850. The average Bonchev–Trinajstić information content (AvgIpc) is 2.69. The van der Waals surface area contributed by atoms with Gasteiger partial charge in [-0.05, 0) is 12.5 Å².